The van der Waals surface area contributed by atoms with Gasteiger partial charge in [0.1, 0.15) is 0 Å². The van der Waals surface area contributed by atoms with E-state index in [1.807, 2.05) is 6.92 Å². The minimum atomic E-state index is -0.459. The van der Waals surface area contributed by atoms with Gasteiger partial charge in [-0.3, -0.25) is 10.1 Å². The van der Waals surface area contributed by atoms with Crippen molar-refractivity contribution in [1.29, 1.82) is 0 Å². The highest BCUT2D eigenvalue weighted by Gasteiger charge is 2.10. The second kappa shape index (κ2) is 8.32. The number of thioether (sulfide) groups is 1. The zero-order valence-corrected chi connectivity index (χ0v) is 15.3. The number of nitro groups is 1. The Hall–Kier alpha value is -3.40. The maximum Gasteiger partial charge on any atom is 0.270 e. The third-order valence-electron chi connectivity index (χ3n) is 3.61. The van der Waals surface area contributed by atoms with Crippen LogP contribution in [0.25, 0.3) is 0 Å². The molecule has 1 aromatic heterocycles. The molecule has 27 heavy (non-hydrogen) atoms. The van der Waals surface area contributed by atoms with Crippen molar-refractivity contribution in [3.05, 3.63) is 75.3 Å². The van der Waals surface area contributed by atoms with Crippen LogP contribution in [-0.4, -0.2) is 26.0 Å². The molecule has 2 aromatic carbocycles. The Kier molecular flexibility index (Phi) is 5.67. The van der Waals surface area contributed by atoms with Crippen molar-refractivity contribution < 1.29 is 4.92 Å². The minimum absolute atomic E-state index is 0.00395. The number of nitrogens with zero attached hydrogens (tertiary/aromatic N) is 5. The van der Waals surface area contributed by atoms with E-state index in [1.165, 1.54) is 40.3 Å². The van der Waals surface area contributed by atoms with Crippen molar-refractivity contribution in [3.63, 3.8) is 0 Å². The van der Waals surface area contributed by atoms with Crippen LogP contribution >= 0.6 is 11.8 Å². The molecule has 0 saturated heterocycles. The molecule has 138 valence electrons. The summed E-state index contributed by atoms with van der Waals surface area (Å²) in [5.74, 6) is 6.96. The fourth-order valence-electron chi connectivity index (χ4n) is 2.17. The first-order valence-electron chi connectivity index (χ1n) is 7.95. The monoisotopic (exact) mass is 383 g/mol. The molecule has 3 rings (SSSR count). The summed E-state index contributed by atoms with van der Waals surface area (Å²) in [6.45, 7) is 2.04. The van der Waals surface area contributed by atoms with Crippen molar-refractivity contribution in [2.24, 2.45) is 5.10 Å². The maximum atomic E-state index is 10.8. The molecule has 1 heterocycles. The van der Waals surface area contributed by atoms with E-state index in [9.17, 15) is 10.1 Å². The number of hydrazone groups is 1. The zero-order valence-electron chi connectivity index (χ0n) is 14.4. The molecular formula is C17H17N7O2S. The van der Waals surface area contributed by atoms with Crippen LogP contribution in [0, 0.1) is 17.0 Å². The van der Waals surface area contributed by atoms with Gasteiger partial charge in [0.15, 0.2) is 0 Å². The fourth-order valence-corrected chi connectivity index (χ4v) is 2.98. The highest BCUT2D eigenvalue weighted by Crippen LogP contribution is 2.21. The normalized spacial score (nSPS) is 11.0. The van der Waals surface area contributed by atoms with Gasteiger partial charge >= 0.3 is 0 Å². The van der Waals surface area contributed by atoms with E-state index < -0.39 is 4.92 Å². The Bertz CT molecular complexity index is 970. The van der Waals surface area contributed by atoms with Gasteiger partial charge in [-0.25, -0.2) is 10.1 Å². The van der Waals surface area contributed by atoms with Crippen LogP contribution in [0.2, 0.25) is 0 Å². The van der Waals surface area contributed by atoms with Crippen molar-refractivity contribution in [3.8, 4) is 0 Å². The SMILES string of the molecule is Cc1ccc(CSc2nnc(N/N=C/c3cccc([N+](=O)[O-])c3)n2N)cc1. The van der Waals surface area contributed by atoms with Gasteiger partial charge in [-0.05, 0) is 12.5 Å². The zero-order chi connectivity index (χ0) is 19.2. The van der Waals surface area contributed by atoms with Crippen molar-refractivity contribution >= 4 is 29.6 Å². The summed E-state index contributed by atoms with van der Waals surface area (Å²) in [5.41, 5.74) is 5.63. The predicted molar refractivity (Wildman–Crippen MR) is 105 cm³/mol. The molecule has 0 aliphatic rings. The Morgan fingerprint density at radius 2 is 2.07 bits per heavy atom. The van der Waals surface area contributed by atoms with Gasteiger partial charge in [-0.1, -0.05) is 53.7 Å². The number of aryl methyl sites for hydroxylation is 1. The number of hydrogen-bond acceptors (Lipinski definition) is 8. The van der Waals surface area contributed by atoms with Crippen LogP contribution in [-0.2, 0) is 5.75 Å². The first-order chi connectivity index (χ1) is 13.0. The van der Waals surface area contributed by atoms with Gasteiger partial charge in [-0.15, -0.1) is 10.2 Å². The van der Waals surface area contributed by atoms with E-state index in [1.54, 1.807) is 12.1 Å². The van der Waals surface area contributed by atoms with Crippen LogP contribution in [0.3, 0.4) is 0 Å². The molecule has 3 aromatic rings. The van der Waals surface area contributed by atoms with E-state index >= 15 is 0 Å². The molecule has 0 unspecified atom stereocenters. The van der Waals surface area contributed by atoms with E-state index in [2.05, 4.69) is 45.0 Å². The number of benzene rings is 2. The summed E-state index contributed by atoms with van der Waals surface area (Å²) < 4.78 is 1.31. The molecule has 0 aliphatic carbocycles. The van der Waals surface area contributed by atoms with E-state index in [0.717, 1.165) is 5.56 Å². The third-order valence-corrected chi connectivity index (χ3v) is 4.63. The molecule has 9 nitrogen and oxygen atoms in total. The van der Waals surface area contributed by atoms with Crippen LogP contribution < -0.4 is 11.3 Å². The van der Waals surface area contributed by atoms with Gasteiger partial charge in [0.2, 0.25) is 5.16 Å². The second-order valence-electron chi connectivity index (χ2n) is 5.67. The van der Waals surface area contributed by atoms with Crippen LogP contribution in [0.5, 0.6) is 0 Å². The van der Waals surface area contributed by atoms with E-state index in [0.29, 0.717) is 16.5 Å². The summed E-state index contributed by atoms with van der Waals surface area (Å²) in [7, 11) is 0. The molecule has 0 spiro atoms. The summed E-state index contributed by atoms with van der Waals surface area (Å²) >= 11 is 1.46. The molecule has 3 N–H and O–H groups in total. The number of rotatable bonds is 7. The molecule has 0 radical (unpaired) electrons. The largest absolute Gasteiger partial charge is 0.334 e. The van der Waals surface area contributed by atoms with Crippen LogP contribution in [0.15, 0.2) is 58.8 Å². The summed E-state index contributed by atoms with van der Waals surface area (Å²) in [4.78, 5) is 10.3. The molecular weight excluding hydrogens is 366 g/mol. The Morgan fingerprint density at radius 3 is 2.81 bits per heavy atom. The van der Waals surface area contributed by atoms with Crippen molar-refractivity contribution in [2.75, 3.05) is 11.3 Å². The number of nitro benzene ring substituents is 1. The number of non-ortho nitro benzene ring substituents is 1. The average Bonchev–Trinajstić information content (AvgIpc) is 3.01. The number of aromatic nitrogens is 3. The summed E-state index contributed by atoms with van der Waals surface area (Å²) in [6, 6.07) is 14.3. The average molecular weight is 383 g/mol. The maximum absolute atomic E-state index is 10.8. The van der Waals surface area contributed by atoms with Crippen molar-refractivity contribution in [2.45, 2.75) is 17.8 Å². The molecule has 0 fully saturated rings. The molecule has 0 bridgehead atoms. The lowest BCUT2D eigenvalue weighted by Gasteiger charge is -2.03. The van der Waals surface area contributed by atoms with Gasteiger partial charge in [0, 0.05) is 23.4 Å². The van der Waals surface area contributed by atoms with Gasteiger partial charge in [-0.2, -0.15) is 5.10 Å². The molecule has 0 aliphatic heterocycles. The first kappa shape index (κ1) is 18.4. The molecule has 0 atom stereocenters. The Morgan fingerprint density at radius 1 is 1.30 bits per heavy atom. The summed E-state index contributed by atoms with van der Waals surface area (Å²) in [5, 5.41) is 23.3. The fraction of sp³-hybridized carbons (Fsp3) is 0.118. The molecule has 0 amide bonds. The van der Waals surface area contributed by atoms with Crippen LogP contribution in [0.4, 0.5) is 11.6 Å². The third kappa shape index (κ3) is 4.82. The highest BCUT2D eigenvalue weighted by atomic mass is 32.2. The minimum Gasteiger partial charge on any atom is -0.334 e. The van der Waals surface area contributed by atoms with Crippen molar-refractivity contribution in [1.82, 2.24) is 14.9 Å². The smallest absolute Gasteiger partial charge is 0.270 e. The van der Waals surface area contributed by atoms with E-state index in [-0.39, 0.29) is 11.6 Å². The quantitative estimate of drug-likeness (QED) is 0.211. The lowest BCUT2D eigenvalue weighted by molar-refractivity contribution is -0.384. The number of nitrogen functional groups attached to an aromatic ring is 1. The highest BCUT2D eigenvalue weighted by molar-refractivity contribution is 7.98. The number of hydrogen-bond donors (Lipinski definition) is 2. The lowest BCUT2D eigenvalue weighted by atomic mass is 10.2. The Balaban J connectivity index is 1.60. The van der Waals surface area contributed by atoms with E-state index in [4.69, 9.17) is 5.84 Å². The first-order valence-corrected chi connectivity index (χ1v) is 8.94. The second-order valence-corrected chi connectivity index (χ2v) is 6.62. The van der Waals surface area contributed by atoms with Crippen LogP contribution in [0.1, 0.15) is 16.7 Å². The topological polar surface area (TPSA) is 124 Å². The number of nitrogens with two attached hydrogens (primary N) is 1. The lowest BCUT2D eigenvalue weighted by Crippen LogP contribution is -2.13. The molecule has 10 heteroatoms. The number of nitrogens with one attached hydrogen (secondary N) is 1. The van der Waals surface area contributed by atoms with Gasteiger partial charge in [0.05, 0.1) is 11.1 Å². The number of anilines is 1. The van der Waals surface area contributed by atoms with Gasteiger partial charge < -0.3 is 5.84 Å². The van der Waals surface area contributed by atoms with Gasteiger partial charge in [0.25, 0.3) is 11.6 Å². The standard InChI is InChI=1S/C17H17N7O2S/c1-12-5-7-13(8-6-12)11-27-17-22-21-16(23(17)18)20-19-10-14-3-2-4-15(9-14)24(25)26/h2-10H,11,18H2,1H3,(H,20,21)/b19-10+. The summed E-state index contributed by atoms with van der Waals surface area (Å²) in [6.07, 6.45) is 1.45. The predicted octanol–water partition coefficient (Wildman–Crippen LogP) is 2.95. The molecule has 0 saturated carbocycles. The Labute approximate surface area is 159 Å².